The predicted molar refractivity (Wildman–Crippen MR) is 109 cm³/mol. The third kappa shape index (κ3) is 3.26. The quantitative estimate of drug-likeness (QED) is 0.427. The first-order chi connectivity index (χ1) is 13.0. The topological polar surface area (TPSA) is 48.9 Å². The van der Waals surface area contributed by atoms with Crippen LogP contribution in [0, 0.1) is 19.1 Å². The number of aromatic amines is 1. The third-order valence-electron chi connectivity index (χ3n) is 4.31. The lowest BCUT2D eigenvalue weighted by atomic mass is 10.1. The monoisotopic (exact) mass is 392 g/mol. The highest BCUT2D eigenvalue weighted by molar-refractivity contribution is 6.43. The summed E-state index contributed by atoms with van der Waals surface area (Å²) in [5, 5.41) is 10.8. The number of benzene rings is 2. The second-order valence-corrected chi connectivity index (χ2v) is 6.91. The fraction of sp³-hybridized carbons (Fsp3) is 0.0455. The average molecular weight is 393 g/mol. The van der Waals surface area contributed by atoms with E-state index in [2.05, 4.69) is 17.1 Å². The maximum Gasteiger partial charge on any atom is 0.138 e. The van der Waals surface area contributed by atoms with Gasteiger partial charge in [0.05, 0.1) is 27.0 Å². The summed E-state index contributed by atoms with van der Waals surface area (Å²) in [5.41, 5.74) is 4.51. The Morgan fingerprint density at radius 3 is 2.56 bits per heavy atom. The van der Waals surface area contributed by atoms with Gasteiger partial charge in [-0.3, -0.25) is 0 Å². The minimum absolute atomic E-state index is 0.215. The fourth-order valence-corrected chi connectivity index (χ4v) is 3.18. The van der Waals surface area contributed by atoms with Crippen LogP contribution in [0.4, 0.5) is 0 Å². The van der Waals surface area contributed by atoms with Crippen molar-refractivity contribution in [1.82, 2.24) is 9.97 Å². The molecule has 4 aromatic rings. The molecular weight excluding hydrogens is 379 g/mol. The maximum atomic E-state index is 10.1. The Balaban J connectivity index is 1.95. The number of rotatable bonds is 3. The Labute approximate surface area is 167 Å². The molecule has 27 heavy (non-hydrogen) atoms. The second-order valence-electron chi connectivity index (χ2n) is 6.13. The van der Waals surface area contributed by atoms with Crippen LogP contribution in [0.15, 0.2) is 54.6 Å². The Kier molecular flexibility index (Phi) is 4.53. The van der Waals surface area contributed by atoms with Gasteiger partial charge in [-0.15, -0.1) is 0 Å². The molecule has 0 bridgehead atoms. The van der Waals surface area contributed by atoms with Crippen molar-refractivity contribution in [3.8, 4) is 39.7 Å². The van der Waals surface area contributed by atoms with E-state index in [1.807, 2.05) is 49.4 Å². The van der Waals surface area contributed by atoms with Gasteiger partial charge in [0.2, 0.25) is 0 Å². The maximum absolute atomic E-state index is 10.1. The molecule has 0 saturated carbocycles. The van der Waals surface area contributed by atoms with Crippen molar-refractivity contribution in [2.75, 3.05) is 0 Å². The lowest BCUT2D eigenvalue weighted by molar-refractivity contribution is 0.471. The number of phenols is 1. The van der Waals surface area contributed by atoms with Crippen LogP contribution < -0.4 is 0 Å². The molecule has 3 nitrogen and oxygen atoms in total. The second kappa shape index (κ2) is 7.00. The van der Waals surface area contributed by atoms with Gasteiger partial charge in [0.15, 0.2) is 0 Å². The Morgan fingerprint density at radius 1 is 1.04 bits per heavy atom. The van der Waals surface area contributed by atoms with Gasteiger partial charge in [0, 0.05) is 17.2 Å². The summed E-state index contributed by atoms with van der Waals surface area (Å²) >= 11 is 12.6. The number of hydrogen-bond donors (Lipinski definition) is 2. The molecule has 0 aliphatic heterocycles. The normalized spacial score (nSPS) is 10.6. The van der Waals surface area contributed by atoms with Crippen LogP contribution in [0.1, 0.15) is 5.56 Å². The van der Waals surface area contributed by atoms with Crippen LogP contribution in [0.5, 0.6) is 5.75 Å². The summed E-state index contributed by atoms with van der Waals surface area (Å²) in [6, 6.07) is 22.7. The van der Waals surface area contributed by atoms with Crippen molar-refractivity contribution < 1.29 is 5.11 Å². The van der Waals surface area contributed by atoms with Crippen molar-refractivity contribution >= 4 is 23.2 Å². The number of nitrogens with zero attached hydrogens (tertiary/aromatic N) is 1. The number of nitrogens with one attached hydrogen (secondary N) is 1. The van der Waals surface area contributed by atoms with Crippen molar-refractivity contribution in [2.24, 2.45) is 0 Å². The van der Waals surface area contributed by atoms with E-state index >= 15 is 0 Å². The first-order valence-corrected chi connectivity index (χ1v) is 9.03. The van der Waals surface area contributed by atoms with Crippen molar-refractivity contribution in [3.05, 3.63) is 82.3 Å². The summed E-state index contributed by atoms with van der Waals surface area (Å²) in [4.78, 5) is 8.08. The van der Waals surface area contributed by atoms with Crippen LogP contribution >= 0.6 is 23.2 Å². The van der Waals surface area contributed by atoms with Crippen LogP contribution in [0.25, 0.3) is 33.9 Å². The Hall–Kier alpha value is -2.93. The molecule has 0 spiro atoms. The van der Waals surface area contributed by atoms with Crippen molar-refractivity contribution in [2.45, 2.75) is 6.92 Å². The SMILES string of the molecule is Cc1ccc(-c2nc(-c3ccccc3)c(-c3c#ccc(Cl)c3Cl)[nH]2)cc1O. The van der Waals surface area contributed by atoms with Crippen molar-refractivity contribution in [1.29, 1.82) is 0 Å². The summed E-state index contributed by atoms with van der Waals surface area (Å²) in [6.07, 6.45) is 0. The number of hydrogen-bond acceptors (Lipinski definition) is 2. The van der Waals surface area contributed by atoms with E-state index in [0.29, 0.717) is 27.1 Å². The number of halogens is 2. The van der Waals surface area contributed by atoms with Gasteiger partial charge in [-0.2, -0.15) is 0 Å². The minimum atomic E-state index is 0.215. The van der Waals surface area contributed by atoms with Crippen LogP contribution in [0.2, 0.25) is 10.0 Å². The summed E-state index contributed by atoms with van der Waals surface area (Å²) in [6.45, 7) is 1.85. The molecule has 0 atom stereocenters. The molecular formula is C22H14Cl2N2O. The van der Waals surface area contributed by atoms with Crippen LogP contribution in [-0.4, -0.2) is 15.1 Å². The van der Waals surface area contributed by atoms with E-state index in [1.165, 1.54) is 0 Å². The number of aromatic nitrogens is 2. The summed E-state index contributed by atoms with van der Waals surface area (Å²) < 4.78 is 0. The molecule has 4 rings (SSSR count). The van der Waals surface area contributed by atoms with Gasteiger partial charge in [-0.05, 0) is 18.6 Å². The number of H-pyrrole nitrogens is 1. The molecule has 2 N–H and O–H groups in total. The van der Waals surface area contributed by atoms with Gasteiger partial charge in [0.25, 0.3) is 0 Å². The molecule has 0 fully saturated rings. The first kappa shape index (κ1) is 17.5. The first-order valence-electron chi connectivity index (χ1n) is 8.27. The van der Waals surface area contributed by atoms with Crippen LogP contribution in [-0.2, 0) is 0 Å². The van der Waals surface area contributed by atoms with Gasteiger partial charge >= 0.3 is 0 Å². The summed E-state index contributed by atoms with van der Waals surface area (Å²) in [7, 11) is 0. The van der Waals surface area contributed by atoms with Gasteiger partial charge in [0.1, 0.15) is 11.6 Å². The lowest BCUT2D eigenvalue weighted by Crippen LogP contribution is -1.84. The Bertz CT molecular complexity index is 1120. The standard InChI is InChI=1S/C22H14Cl2N2O/c1-13-10-11-15(12-18(13)27)22-25-20(14-6-3-2-4-7-14)21(26-22)16-8-5-9-17(23)19(16)24/h2-4,6-7,9-12,27H,1H3,(H,25,26). The highest BCUT2D eigenvalue weighted by atomic mass is 35.5. The zero-order valence-corrected chi connectivity index (χ0v) is 15.9. The summed E-state index contributed by atoms with van der Waals surface area (Å²) in [5.74, 6) is 0.830. The number of phenolic OH excluding ortho intramolecular Hbond substituents is 1. The van der Waals surface area contributed by atoms with E-state index in [9.17, 15) is 5.11 Å². The van der Waals surface area contributed by atoms with Crippen molar-refractivity contribution in [3.63, 3.8) is 0 Å². The molecule has 0 unspecified atom stereocenters. The highest BCUT2D eigenvalue weighted by Crippen LogP contribution is 2.38. The molecule has 1 aromatic heterocycles. The number of aryl methyl sites for hydroxylation is 1. The molecule has 0 aliphatic rings. The molecule has 0 saturated heterocycles. The predicted octanol–water partition coefficient (Wildman–Crippen LogP) is 6.33. The number of aromatic hydroxyl groups is 1. The van der Waals surface area contributed by atoms with E-state index < -0.39 is 0 Å². The molecule has 1 heterocycles. The molecule has 3 aromatic carbocycles. The third-order valence-corrected chi connectivity index (χ3v) is 5.10. The van der Waals surface area contributed by atoms with Gasteiger partial charge in [-0.25, -0.2) is 4.98 Å². The molecule has 0 amide bonds. The molecule has 132 valence electrons. The zero-order chi connectivity index (χ0) is 19.0. The zero-order valence-electron chi connectivity index (χ0n) is 14.3. The molecule has 0 aliphatic carbocycles. The average Bonchev–Trinajstić information content (AvgIpc) is 3.12. The van der Waals surface area contributed by atoms with E-state index in [1.54, 1.807) is 12.1 Å². The highest BCUT2D eigenvalue weighted by Gasteiger charge is 2.18. The van der Waals surface area contributed by atoms with E-state index in [0.717, 1.165) is 22.4 Å². The van der Waals surface area contributed by atoms with E-state index in [-0.39, 0.29) is 5.75 Å². The molecule has 0 radical (unpaired) electrons. The minimum Gasteiger partial charge on any atom is -0.508 e. The largest absolute Gasteiger partial charge is 0.508 e. The lowest BCUT2D eigenvalue weighted by Gasteiger charge is -2.04. The smallest absolute Gasteiger partial charge is 0.138 e. The van der Waals surface area contributed by atoms with E-state index in [4.69, 9.17) is 28.2 Å². The Morgan fingerprint density at radius 2 is 1.81 bits per heavy atom. The van der Waals surface area contributed by atoms with Gasteiger partial charge in [-0.1, -0.05) is 77.8 Å². The molecule has 5 heteroatoms. The van der Waals surface area contributed by atoms with Crippen LogP contribution in [0.3, 0.4) is 0 Å². The fourth-order valence-electron chi connectivity index (χ4n) is 2.83. The number of imidazole rings is 1. The van der Waals surface area contributed by atoms with Gasteiger partial charge < -0.3 is 10.1 Å².